The van der Waals surface area contributed by atoms with Gasteiger partial charge in [0.05, 0.1) is 44.2 Å². The number of aliphatic hydroxyl groups excluding tert-OH is 9. The largest absolute Gasteiger partial charge is 0.394 e. The average molecular weight is 1450 g/mol. The molecule has 3 rings (SSSR count). The SMILES string of the molecule is CC(C)OCCCCCCNC(=O)CCCC(=O)NC(CCC(=O)CCCCNC(=O)CCCCO[C@@H]1OC(CO)[C@H](O)[C@H](O)C1C)(CCC(=O)NCCCNC(=O)CCCCO[C@@H]1OC(CO)[C@H](O)[C@H](O)C1C)CCC(=O)NCCCNC(=O)CCCCO[C@@H]1OC(CO)[C@H](O)[C@H](O)C1C. The van der Waals surface area contributed by atoms with Crippen molar-refractivity contribution < 1.29 is 117 Å². The first-order chi connectivity index (χ1) is 48.3. The first-order valence-electron chi connectivity index (χ1n) is 37.1. The molecule has 3 aliphatic rings. The number of ketones is 1. The Morgan fingerprint density at radius 2 is 0.644 bits per heavy atom. The monoisotopic (exact) mass is 1450 g/mol. The number of hydrogen-bond acceptors (Lipinski definition) is 24. The molecule has 3 fully saturated rings. The molecule has 0 radical (unpaired) electrons. The van der Waals surface area contributed by atoms with E-state index in [9.17, 15) is 84.3 Å². The highest BCUT2D eigenvalue weighted by Gasteiger charge is 2.45. The van der Waals surface area contributed by atoms with E-state index in [1.807, 2.05) is 13.8 Å². The smallest absolute Gasteiger partial charge is 0.220 e. The van der Waals surface area contributed by atoms with Crippen molar-refractivity contribution in [3.63, 3.8) is 0 Å². The van der Waals surface area contributed by atoms with Crippen LogP contribution in [0.25, 0.3) is 0 Å². The highest BCUT2D eigenvalue weighted by molar-refractivity contribution is 5.82. The zero-order chi connectivity index (χ0) is 74.5. The van der Waals surface area contributed by atoms with Gasteiger partial charge >= 0.3 is 0 Å². The zero-order valence-corrected chi connectivity index (χ0v) is 60.7. The first kappa shape index (κ1) is 90.5. The third-order valence-electron chi connectivity index (χ3n) is 18.6. The van der Waals surface area contributed by atoms with Gasteiger partial charge in [-0.1, -0.05) is 33.6 Å². The third-order valence-corrected chi connectivity index (χ3v) is 18.6. The molecule has 0 spiro atoms. The van der Waals surface area contributed by atoms with Gasteiger partial charge in [-0.15, -0.1) is 0 Å². The molecule has 0 aromatic heterocycles. The number of carbonyl (C=O) groups is 8. The number of hydrogen-bond donors (Lipinski definition) is 16. The Kier molecular flexibility index (Phi) is 46.9. The van der Waals surface area contributed by atoms with Crippen LogP contribution in [0.5, 0.6) is 0 Å². The summed E-state index contributed by atoms with van der Waals surface area (Å²) in [7, 11) is 0. The van der Waals surface area contributed by atoms with Crippen LogP contribution in [0.15, 0.2) is 0 Å². The number of carbonyl (C=O) groups excluding carboxylic acids is 8. The van der Waals surface area contributed by atoms with Crippen LogP contribution < -0.4 is 37.2 Å². The van der Waals surface area contributed by atoms with E-state index < -0.39 is 123 Å². The lowest BCUT2D eigenvalue weighted by atomic mass is 9.82. The molecular formula is C70H127N7O24. The Morgan fingerprint density at radius 1 is 0.347 bits per heavy atom. The van der Waals surface area contributed by atoms with Crippen LogP contribution >= 0.6 is 0 Å². The fraction of sp³-hybridized carbons (Fsp3) is 0.886. The number of aliphatic hydroxyl groups is 9. The Hall–Kier alpha value is -4.68. The molecule has 0 aromatic rings. The predicted molar refractivity (Wildman–Crippen MR) is 368 cm³/mol. The highest BCUT2D eigenvalue weighted by atomic mass is 16.7. The summed E-state index contributed by atoms with van der Waals surface area (Å²) in [5.41, 5.74) is -1.24. The van der Waals surface area contributed by atoms with Crippen LogP contribution in [0.1, 0.15) is 208 Å². The molecule has 31 heteroatoms. The summed E-state index contributed by atoms with van der Waals surface area (Å²) in [6.07, 6.45) is -3.16. The number of rotatable bonds is 56. The standard InChI is InChI=1S/C70H127N7O24/c1-46(2)95-39-14-7-6-12-33-71-57(85)25-18-26-60(88)77-70(30-27-50(81)21-8-13-34-72-54(82)22-9-15-40-96-67-47(3)61(89)64(92)51(43-78)99-67,31-28-58(86)75-37-19-35-73-55(83)23-10-16-41-97-68-48(4)62(90)65(93)52(44-79)100-68)32-29-59(87)76-38-20-36-74-56(84)24-11-17-42-98-69-49(5)63(91)66(94)53(45-80)101-69/h46-49,51-53,61-69,78-80,89-94H,6-45H2,1-5H3,(H,71,85)(H,72,82)(H,73,83)(H,74,84)(H,75,86)(H,76,87)(H,77,88)/t47?,48?,49?,51?,52?,53?,61-,62-,63-,64+,65+,66+,67-,68-,69-,70?/m1/s1. The van der Waals surface area contributed by atoms with Gasteiger partial charge in [-0.3, -0.25) is 38.4 Å². The zero-order valence-electron chi connectivity index (χ0n) is 60.7. The van der Waals surface area contributed by atoms with Crippen molar-refractivity contribution >= 4 is 47.1 Å². The molecule has 101 heavy (non-hydrogen) atoms. The fourth-order valence-corrected chi connectivity index (χ4v) is 12.0. The van der Waals surface area contributed by atoms with Crippen LogP contribution in [0.2, 0.25) is 0 Å². The van der Waals surface area contributed by atoms with Gasteiger partial charge in [0, 0.05) is 147 Å². The molecule has 3 saturated heterocycles. The van der Waals surface area contributed by atoms with Crippen LogP contribution in [0.4, 0.5) is 0 Å². The second-order valence-electron chi connectivity index (χ2n) is 27.5. The Morgan fingerprint density at radius 3 is 1.01 bits per heavy atom. The molecule has 7 amide bonds. The summed E-state index contributed by atoms with van der Waals surface area (Å²) < 4.78 is 39.6. The van der Waals surface area contributed by atoms with Gasteiger partial charge in [0.25, 0.3) is 0 Å². The van der Waals surface area contributed by atoms with Crippen LogP contribution in [-0.2, 0) is 71.5 Å². The average Bonchev–Trinajstić information content (AvgIpc) is 0.837. The van der Waals surface area contributed by atoms with Crippen molar-refractivity contribution in [3.05, 3.63) is 0 Å². The lowest BCUT2D eigenvalue weighted by Gasteiger charge is -2.40. The number of unbranched alkanes of at least 4 members (excludes halogenated alkanes) is 7. The maximum atomic E-state index is 14.0. The number of Topliss-reactive ketones (excluding diaryl/α,β-unsaturated/α-hetero) is 1. The summed E-state index contributed by atoms with van der Waals surface area (Å²) in [6, 6.07) is 0. The maximum absolute atomic E-state index is 14.0. The van der Waals surface area contributed by atoms with Crippen LogP contribution in [0.3, 0.4) is 0 Å². The Bertz CT molecular complexity index is 2140. The predicted octanol–water partition coefficient (Wildman–Crippen LogP) is 0.340. The minimum atomic E-state index is -1.24. The van der Waals surface area contributed by atoms with Crippen molar-refractivity contribution in [2.75, 3.05) is 85.5 Å². The highest BCUT2D eigenvalue weighted by Crippen LogP contribution is 2.31. The Labute approximate surface area is 596 Å². The summed E-state index contributed by atoms with van der Waals surface area (Å²) >= 11 is 0. The van der Waals surface area contributed by atoms with Crippen molar-refractivity contribution in [3.8, 4) is 0 Å². The Balaban J connectivity index is 1.59. The topological polar surface area (TPSA) is 467 Å². The van der Waals surface area contributed by atoms with Crippen molar-refractivity contribution in [2.45, 2.75) is 293 Å². The van der Waals surface area contributed by atoms with E-state index in [1.165, 1.54) is 0 Å². The van der Waals surface area contributed by atoms with E-state index >= 15 is 0 Å². The minimum absolute atomic E-state index is 0.0158. The molecule has 3 aliphatic heterocycles. The normalized spacial score (nSPS) is 25.8. The van der Waals surface area contributed by atoms with E-state index in [-0.39, 0.29) is 177 Å². The van der Waals surface area contributed by atoms with Crippen molar-refractivity contribution in [1.29, 1.82) is 0 Å². The van der Waals surface area contributed by atoms with E-state index in [0.29, 0.717) is 83.9 Å². The molecule has 16 N–H and O–H groups in total. The quantitative estimate of drug-likeness (QED) is 0.0365. The molecule has 31 nitrogen and oxygen atoms in total. The molecule has 586 valence electrons. The van der Waals surface area contributed by atoms with Gasteiger partial charge in [-0.05, 0) is 117 Å². The lowest BCUT2D eigenvalue weighted by molar-refractivity contribution is -0.282. The van der Waals surface area contributed by atoms with E-state index in [2.05, 4.69) is 37.2 Å². The number of ether oxygens (including phenoxy) is 7. The van der Waals surface area contributed by atoms with Gasteiger partial charge in [-0.2, -0.15) is 0 Å². The molecule has 0 saturated carbocycles. The molecule has 15 atom stereocenters. The molecule has 3 heterocycles. The molecule has 0 aliphatic carbocycles. The maximum Gasteiger partial charge on any atom is 0.220 e. The summed E-state index contributed by atoms with van der Waals surface area (Å²) in [6.45, 7) is 10.6. The van der Waals surface area contributed by atoms with Gasteiger partial charge in [0.1, 0.15) is 42.4 Å². The van der Waals surface area contributed by atoms with Gasteiger partial charge in [0.15, 0.2) is 18.9 Å². The summed E-state index contributed by atoms with van der Waals surface area (Å²) in [5, 5.41) is 110. The van der Waals surface area contributed by atoms with Crippen LogP contribution in [0, 0.1) is 17.8 Å². The second kappa shape index (κ2) is 52.3. The van der Waals surface area contributed by atoms with Crippen LogP contribution in [-0.4, -0.2) is 264 Å². The van der Waals surface area contributed by atoms with Crippen molar-refractivity contribution in [2.24, 2.45) is 17.8 Å². The second-order valence-corrected chi connectivity index (χ2v) is 27.5. The number of amides is 7. The first-order valence-corrected chi connectivity index (χ1v) is 37.1. The molecule has 0 aromatic carbocycles. The van der Waals surface area contributed by atoms with E-state index in [1.54, 1.807) is 20.8 Å². The number of nitrogens with one attached hydrogen (secondary N) is 7. The fourth-order valence-electron chi connectivity index (χ4n) is 12.0. The van der Waals surface area contributed by atoms with E-state index in [0.717, 1.165) is 25.7 Å². The van der Waals surface area contributed by atoms with Gasteiger partial charge < -0.3 is 116 Å². The third kappa shape index (κ3) is 37.2. The summed E-state index contributed by atoms with van der Waals surface area (Å²) in [5.74, 6) is -3.72. The van der Waals surface area contributed by atoms with Gasteiger partial charge in [-0.25, -0.2) is 0 Å². The molecular weight excluding hydrogens is 1320 g/mol. The van der Waals surface area contributed by atoms with Crippen molar-refractivity contribution in [1.82, 2.24) is 37.2 Å². The minimum Gasteiger partial charge on any atom is -0.394 e. The lowest BCUT2D eigenvalue weighted by Crippen LogP contribution is -2.55. The van der Waals surface area contributed by atoms with Gasteiger partial charge in [0.2, 0.25) is 41.4 Å². The summed E-state index contributed by atoms with van der Waals surface area (Å²) in [4.78, 5) is 106. The van der Waals surface area contributed by atoms with E-state index in [4.69, 9.17) is 33.2 Å². The molecule has 0 bridgehead atoms. The molecule has 6 unspecified atom stereocenters.